The van der Waals surface area contributed by atoms with E-state index in [1.807, 2.05) is 13.0 Å². The van der Waals surface area contributed by atoms with Gasteiger partial charge in [0.2, 0.25) is 0 Å². The smallest absolute Gasteiger partial charge is 0.184 e. The molecule has 0 bridgehead atoms. The second kappa shape index (κ2) is 6.33. The lowest BCUT2D eigenvalue weighted by Gasteiger charge is -2.45. The largest absolute Gasteiger partial charge is 0.392 e. The lowest BCUT2D eigenvalue weighted by atomic mass is 9.61. The number of aryl methyl sites for hydroxylation is 2. The van der Waals surface area contributed by atoms with Crippen molar-refractivity contribution in [3.63, 3.8) is 0 Å². The van der Waals surface area contributed by atoms with Crippen molar-refractivity contribution in [2.24, 2.45) is 5.41 Å². The van der Waals surface area contributed by atoms with Crippen LogP contribution >= 0.6 is 0 Å². The molecule has 2 nitrogen and oxygen atoms in total. The Hall–Kier alpha value is -1.67. The van der Waals surface area contributed by atoms with E-state index in [9.17, 15) is 9.90 Å². The molecule has 1 aromatic carbocycles. The van der Waals surface area contributed by atoms with E-state index in [-0.39, 0.29) is 17.3 Å². The Morgan fingerprint density at radius 3 is 2.75 bits per heavy atom. The van der Waals surface area contributed by atoms with Crippen molar-refractivity contribution >= 4 is 11.9 Å². The van der Waals surface area contributed by atoms with Crippen LogP contribution in [0.2, 0.25) is 0 Å². The van der Waals surface area contributed by atoms with Gasteiger partial charge in [-0.3, -0.25) is 4.79 Å². The summed E-state index contributed by atoms with van der Waals surface area (Å²) in [5.74, 6) is 0.163. The standard InChI is InChI=1S/C22H28O2/c1-5-16-9-10-17(14(2)11-16)12-18-13-22(4)19(15(3)21(18)24)7-6-8-20(22)23/h9-12,20,23H,5-8,13H2,1-4H3/b18-12+/t20-,22-/m0/s1. The van der Waals surface area contributed by atoms with E-state index in [1.165, 1.54) is 16.7 Å². The van der Waals surface area contributed by atoms with E-state index in [1.54, 1.807) is 0 Å². The summed E-state index contributed by atoms with van der Waals surface area (Å²) in [6.45, 7) is 8.32. The average Bonchev–Trinajstić information content (AvgIpc) is 2.56. The first-order valence-electron chi connectivity index (χ1n) is 9.10. The zero-order chi connectivity index (χ0) is 17.5. The van der Waals surface area contributed by atoms with Gasteiger partial charge < -0.3 is 5.11 Å². The first kappa shape index (κ1) is 17.2. The van der Waals surface area contributed by atoms with Crippen LogP contribution in [-0.2, 0) is 11.2 Å². The van der Waals surface area contributed by atoms with Crippen LogP contribution in [0.3, 0.4) is 0 Å². The third kappa shape index (κ3) is 2.77. The summed E-state index contributed by atoms with van der Waals surface area (Å²) in [4.78, 5) is 12.9. The van der Waals surface area contributed by atoms with Crippen LogP contribution in [0.5, 0.6) is 0 Å². The molecular formula is C22H28O2. The number of allylic oxidation sites excluding steroid dienone is 2. The van der Waals surface area contributed by atoms with Crippen LogP contribution < -0.4 is 0 Å². The molecule has 2 atom stereocenters. The molecule has 0 aliphatic heterocycles. The predicted octanol–water partition coefficient (Wildman–Crippen LogP) is 4.78. The molecule has 0 aromatic heterocycles. The molecule has 1 fully saturated rings. The molecule has 2 heteroatoms. The average molecular weight is 324 g/mol. The molecule has 0 heterocycles. The molecule has 0 unspecified atom stereocenters. The minimum absolute atomic E-state index is 0.163. The molecule has 2 aliphatic carbocycles. The molecule has 0 saturated heterocycles. The zero-order valence-corrected chi connectivity index (χ0v) is 15.3. The van der Waals surface area contributed by atoms with Crippen molar-refractivity contribution in [1.29, 1.82) is 0 Å². The van der Waals surface area contributed by atoms with Crippen molar-refractivity contribution in [2.45, 2.75) is 65.9 Å². The summed E-state index contributed by atoms with van der Waals surface area (Å²) in [5.41, 5.74) is 6.24. The van der Waals surface area contributed by atoms with Gasteiger partial charge in [0.25, 0.3) is 0 Å². The molecule has 0 radical (unpaired) electrons. The number of hydrogen-bond acceptors (Lipinski definition) is 2. The van der Waals surface area contributed by atoms with Crippen LogP contribution in [0.4, 0.5) is 0 Å². The van der Waals surface area contributed by atoms with Crippen LogP contribution in [0, 0.1) is 12.3 Å². The Labute approximate surface area is 145 Å². The van der Waals surface area contributed by atoms with Crippen molar-refractivity contribution in [1.82, 2.24) is 0 Å². The van der Waals surface area contributed by atoms with Crippen molar-refractivity contribution in [3.8, 4) is 0 Å². The summed E-state index contributed by atoms with van der Waals surface area (Å²) in [6, 6.07) is 6.45. The van der Waals surface area contributed by atoms with Gasteiger partial charge in [-0.05, 0) is 74.3 Å². The molecule has 1 saturated carbocycles. The molecule has 0 spiro atoms. The Kier molecular flexibility index (Phi) is 4.52. The number of benzene rings is 1. The second-order valence-electron chi connectivity index (χ2n) is 7.65. The molecule has 128 valence electrons. The Morgan fingerprint density at radius 1 is 1.33 bits per heavy atom. The number of fused-ring (bicyclic) bond motifs is 1. The van der Waals surface area contributed by atoms with Gasteiger partial charge in [0, 0.05) is 11.0 Å². The lowest BCUT2D eigenvalue weighted by Crippen LogP contribution is -2.42. The SMILES string of the molecule is CCc1ccc(/C=C2\C[C@@]3(C)C(=C(C)C2=O)CCC[C@@H]3O)c(C)c1. The topological polar surface area (TPSA) is 37.3 Å². The number of aliphatic hydroxyl groups excluding tert-OH is 1. The Morgan fingerprint density at radius 2 is 2.08 bits per heavy atom. The third-order valence-electron chi connectivity index (χ3n) is 6.04. The summed E-state index contributed by atoms with van der Waals surface area (Å²) < 4.78 is 0. The van der Waals surface area contributed by atoms with Gasteiger partial charge in [-0.15, -0.1) is 0 Å². The highest BCUT2D eigenvalue weighted by Crippen LogP contribution is 2.50. The highest BCUT2D eigenvalue weighted by molar-refractivity contribution is 6.12. The zero-order valence-electron chi connectivity index (χ0n) is 15.3. The van der Waals surface area contributed by atoms with E-state index < -0.39 is 0 Å². The van der Waals surface area contributed by atoms with Gasteiger partial charge in [-0.2, -0.15) is 0 Å². The fourth-order valence-corrected chi connectivity index (χ4v) is 4.40. The molecule has 2 aliphatic rings. The fraction of sp³-hybridized carbons (Fsp3) is 0.500. The van der Waals surface area contributed by atoms with Gasteiger partial charge in [-0.25, -0.2) is 0 Å². The first-order chi connectivity index (χ1) is 11.4. The van der Waals surface area contributed by atoms with Gasteiger partial charge in [-0.1, -0.05) is 37.6 Å². The van der Waals surface area contributed by atoms with E-state index in [0.29, 0.717) is 6.42 Å². The summed E-state index contributed by atoms with van der Waals surface area (Å²) >= 11 is 0. The van der Waals surface area contributed by atoms with Gasteiger partial charge >= 0.3 is 0 Å². The van der Waals surface area contributed by atoms with E-state index >= 15 is 0 Å². The monoisotopic (exact) mass is 324 g/mol. The van der Waals surface area contributed by atoms with E-state index in [4.69, 9.17) is 0 Å². The third-order valence-corrected chi connectivity index (χ3v) is 6.04. The molecular weight excluding hydrogens is 296 g/mol. The maximum atomic E-state index is 12.9. The van der Waals surface area contributed by atoms with Gasteiger partial charge in [0.15, 0.2) is 5.78 Å². The predicted molar refractivity (Wildman–Crippen MR) is 98.8 cm³/mol. The molecule has 24 heavy (non-hydrogen) atoms. The summed E-state index contributed by atoms with van der Waals surface area (Å²) in [5, 5.41) is 10.6. The lowest BCUT2D eigenvalue weighted by molar-refractivity contribution is -0.113. The minimum Gasteiger partial charge on any atom is -0.392 e. The number of Topliss-reactive ketones (excluding diaryl/α,β-unsaturated/α-hetero) is 1. The van der Waals surface area contributed by atoms with E-state index in [0.717, 1.165) is 42.4 Å². The fourth-order valence-electron chi connectivity index (χ4n) is 4.40. The minimum atomic E-state index is -0.351. The number of ketones is 1. The number of rotatable bonds is 2. The van der Waals surface area contributed by atoms with Crippen LogP contribution in [0.25, 0.3) is 6.08 Å². The highest BCUT2D eigenvalue weighted by atomic mass is 16.3. The molecule has 1 N–H and O–H groups in total. The first-order valence-corrected chi connectivity index (χ1v) is 9.10. The van der Waals surface area contributed by atoms with Crippen LogP contribution in [0.15, 0.2) is 34.9 Å². The van der Waals surface area contributed by atoms with Crippen LogP contribution in [-0.4, -0.2) is 17.0 Å². The van der Waals surface area contributed by atoms with Crippen molar-refractivity contribution in [3.05, 3.63) is 51.6 Å². The van der Waals surface area contributed by atoms with Gasteiger partial charge in [0.05, 0.1) is 6.10 Å². The number of hydrogen-bond donors (Lipinski definition) is 1. The number of aliphatic hydroxyl groups is 1. The normalized spacial score (nSPS) is 29.1. The summed E-state index contributed by atoms with van der Waals surface area (Å²) in [6.07, 6.45) is 6.12. The highest BCUT2D eigenvalue weighted by Gasteiger charge is 2.45. The van der Waals surface area contributed by atoms with E-state index in [2.05, 4.69) is 39.0 Å². The van der Waals surface area contributed by atoms with Gasteiger partial charge in [0.1, 0.15) is 0 Å². The summed E-state index contributed by atoms with van der Waals surface area (Å²) in [7, 11) is 0. The van der Waals surface area contributed by atoms with Crippen molar-refractivity contribution < 1.29 is 9.90 Å². The molecule has 1 aromatic rings. The Balaban J connectivity index is 2.04. The second-order valence-corrected chi connectivity index (χ2v) is 7.65. The number of carbonyl (C=O) groups excluding carboxylic acids is 1. The quantitative estimate of drug-likeness (QED) is 0.795. The molecule has 3 rings (SSSR count). The number of carbonyl (C=O) groups is 1. The Bertz CT molecular complexity index is 738. The molecule has 0 amide bonds. The maximum absolute atomic E-state index is 12.9. The maximum Gasteiger partial charge on any atom is 0.184 e. The van der Waals surface area contributed by atoms with Crippen LogP contribution in [0.1, 0.15) is 63.1 Å². The van der Waals surface area contributed by atoms with Crippen molar-refractivity contribution in [2.75, 3.05) is 0 Å².